The smallest absolute Gasteiger partial charge is 0.370 e. The number of halogens is 2. The van der Waals surface area contributed by atoms with Gasteiger partial charge in [0, 0.05) is 0 Å². The molecule has 0 heterocycles. The van der Waals surface area contributed by atoms with Crippen LogP contribution in [0.25, 0.3) is 0 Å². The van der Waals surface area contributed by atoms with Gasteiger partial charge in [-0.1, -0.05) is 29.3 Å². The van der Waals surface area contributed by atoms with Gasteiger partial charge in [0.2, 0.25) is 0 Å². The highest BCUT2D eigenvalue weighted by Crippen LogP contribution is 2.22. The predicted octanol–water partition coefficient (Wildman–Crippen LogP) is 1.11. The summed E-state index contributed by atoms with van der Waals surface area (Å²) < 4.78 is 31.6. The lowest BCUT2D eigenvalue weighted by Crippen LogP contribution is -2.22. The molecule has 7 nitrogen and oxygen atoms in total. The van der Waals surface area contributed by atoms with Crippen LogP contribution >= 0.6 is 23.2 Å². The number of nitrogens with zero attached hydrogens (tertiary/aromatic N) is 1. The Morgan fingerprint density at radius 2 is 1.72 bits per heavy atom. The molecule has 0 aliphatic heterocycles. The van der Waals surface area contributed by atoms with E-state index in [1.807, 2.05) is 6.07 Å². The van der Waals surface area contributed by atoms with Crippen LogP contribution in [0.2, 0.25) is 10.0 Å². The van der Waals surface area contributed by atoms with Gasteiger partial charge in [0.25, 0.3) is 0 Å². The van der Waals surface area contributed by atoms with E-state index >= 15 is 0 Å². The fourth-order valence-corrected chi connectivity index (χ4v) is 1.14. The second-order valence-corrected chi connectivity index (χ2v) is 4.65. The first-order chi connectivity index (χ1) is 8.09. The van der Waals surface area contributed by atoms with E-state index in [1.165, 1.54) is 0 Å². The van der Waals surface area contributed by atoms with Gasteiger partial charge in [-0.3, -0.25) is 9.11 Å². The molecule has 18 heavy (non-hydrogen) atoms. The van der Waals surface area contributed by atoms with Gasteiger partial charge in [0.1, 0.15) is 0 Å². The molecule has 0 saturated carbocycles. The number of guanidine groups is 1. The Morgan fingerprint density at radius 3 is 2.11 bits per heavy atom. The molecule has 6 N–H and O–H groups in total. The van der Waals surface area contributed by atoms with Crippen LogP contribution in [0.3, 0.4) is 0 Å². The Bertz CT molecular complexity index is 521. The minimum atomic E-state index is -4.67. The van der Waals surface area contributed by atoms with Crippen LogP contribution in [0.1, 0.15) is 5.56 Å². The van der Waals surface area contributed by atoms with E-state index in [1.54, 1.807) is 12.1 Å². The first-order valence-corrected chi connectivity index (χ1v) is 6.44. The van der Waals surface area contributed by atoms with Crippen molar-refractivity contribution >= 4 is 39.6 Å². The Morgan fingerprint density at radius 1 is 1.22 bits per heavy atom. The van der Waals surface area contributed by atoms with Gasteiger partial charge < -0.3 is 11.5 Å². The first-order valence-electron chi connectivity index (χ1n) is 4.29. The monoisotopic (exact) mass is 315 g/mol. The van der Waals surface area contributed by atoms with Crippen molar-refractivity contribution in [2.75, 3.05) is 0 Å². The summed E-state index contributed by atoms with van der Waals surface area (Å²) in [6, 6.07) is 5.26. The molecule has 0 unspecified atom stereocenters. The van der Waals surface area contributed by atoms with E-state index in [9.17, 15) is 0 Å². The molecule has 10 heteroatoms. The predicted molar refractivity (Wildman–Crippen MR) is 70.2 cm³/mol. The molecule has 0 bridgehead atoms. The molecule has 0 fully saturated rings. The third-order valence-electron chi connectivity index (χ3n) is 1.43. The van der Waals surface area contributed by atoms with Crippen LogP contribution in [0.4, 0.5) is 0 Å². The van der Waals surface area contributed by atoms with Crippen molar-refractivity contribution in [3.63, 3.8) is 0 Å². The third-order valence-corrected chi connectivity index (χ3v) is 2.17. The number of hydrogen-bond acceptors (Lipinski definition) is 3. The van der Waals surface area contributed by atoms with Crippen molar-refractivity contribution in [2.45, 2.75) is 6.54 Å². The second kappa shape index (κ2) is 7.39. The minimum absolute atomic E-state index is 0.0612. The average molecular weight is 316 g/mol. The molecule has 0 aliphatic carbocycles. The number of aliphatic imine (C=N–C) groups is 1. The summed E-state index contributed by atoms with van der Waals surface area (Å²) >= 11 is 11.5. The van der Waals surface area contributed by atoms with Gasteiger partial charge in [-0.2, -0.15) is 8.42 Å². The molecular weight excluding hydrogens is 305 g/mol. The van der Waals surface area contributed by atoms with Crippen molar-refractivity contribution in [3.8, 4) is 0 Å². The molecule has 0 radical (unpaired) electrons. The molecule has 1 rings (SSSR count). The highest BCUT2D eigenvalue weighted by atomic mass is 35.5. The largest absolute Gasteiger partial charge is 0.394 e. The van der Waals surface area contributed by atoms with E-state index in [2.05, 4.69) is 4.99 Å². The normalized spacial score (nSPS) is 10.2. The lowest BCUT2D eigenvalue weighted by molar-refractivity contribution is 0.381. The number of rotatable bonds is 2. The summed E-state index contributed by atoms with van der Waals surface area (Å²) in [5.74, 6) is 0.0612. The third kappa shape index (κ3) is 10.1. The zero-order valence-electron chi connectivity index (χ0n) is 8.92. The fourth-order valence-electron chi connectivity index (χ4n) is 0.821. The Hall–Kier alpha value is -1.06. The summed E-state index contributed by atoms with van der Waals surface area (Å²) in [5.41, 5.74) is 11.3. The van der Waals surface area contributed by atoms with Crippen LogP contribution in [-0.4, -0.2) is 23.5 Å². The fraction of sp³-hybridized carbons (Fsp3) is 0.125. The molecule has 0 saturated heterocycles. The molecule has 0 atom stereocenters. The molecular formula is C8H11Cl2N3O4S. The highest BCUT2D eigenvalue weighted by molar-refractivity contribution is 7.79. The van der Waals surface area contributed by atoms with Gasteiger partial charge >= 0.3 is 10.4 Å². The molecule has 102 valence electrons. The number of nitrogens with two attached hydrogens (primary N) is 2. The van der Waals surface area contributed by atoms with Gasteiger partial charge in [-0.25, -0.2) is 4.99 Å². The summed E-state index contributed by atoms with van der Waals surface area (Å²) in [6.07, 6.45) is 0. The Balaban J connectivity index is 0.000000494. The van der Waals surface area contributed by atoms with Crippen LogP contribution in [0.5, 0.6) is 0 Å². The van der Waals surface area contributed by atoms with Crippen molar-refractivity contribution in [1.29, 1.82) is 0 Å². The topological polar surface area (TPSA) is 139 Å². The van der Waals surface area contributed by atoms with Crippen molar-refractivity contribution < 1.29 is 17.5 Å². The van der Waals surface area contributed by atoms with Crippen LogP contribution in [-0.2, 0) is 16.9 Å². The van der Waals surface area contributed by atoms with Crippen molar-refractivity contribution in [1.82, 2.24) is 0 Å². The Labute approximate surface area is 114 Å². The average Bonchev–Trinajstić information content (AvgIpc) is 2.17. The molecule has 0 amide bonds. The lowest BCUT2D eigenvalue weighted by atomic mass is 10.2. The van der Waals surface area contributed by atoms with Crippen molar-refractivity contribution in [2.24, 2.45) is 16.5 Å². The van der Waals surface area contributed by atoms with Crippen LogP contribution < -0.4 is 11.5 Å². The molecule has 0 aromatic heterocycles. The minimum Gasteiger partial charge on any atom is -0.370 e. The maximum atomic E-state index is 8.74. The van der Waals surface area contributed by atoms with E-state index in [0.717, 1.165) is 5.56 Å². The molecule has 0 spiro atoms. The summed E-state index contributed by atoms with van der Waals surface area (Å²) in [4.78, 5) is 3.84. The Kier molecular flexibility index (Phi) is 6.96. The standard InChI is InChI=1S/C8H9Cl2N3.H2O4S/c9-6-2-1-5(3-7(6)10)4-13-8(11)12;1-5(2,3)4/h1-3H,4H2,(H4,11,12,13);(H2,1,2,3,4). The summed E-state index contributed by atoms with van der Waals surface area (Å²) in [6.45, 7) is 0.416. The van der Waals surface area contributed by atoms with E-state index in [-0.39, 0.29) is 5.96 Å². The van der Waals surface area contributed by atoms with Gasteiger partial charge in [0.05, 0.1) is 16.6 Å². The maximum absolute atomic E-state index is 8.74. The zero-order chi connectivity index (χ0) is 14.3. The summed E-state index contributed by atoms with van der Waals surface area (Å²) in [7, 11) is -4.67. The quantitative estimate of drug-likeness (QED) is 0.366. The molecule has 0 aliphatic rings. The summed E-state index contributed by atoms with van der Waals surface area (Å²) in [5, 5.41) is 1.03. The van der Waals surface area contributed by atoms with Gasteiger partial charge in [0.15, 0.2) is 5.96 Å². The zero-order valence-corrected chi connectivity index (χ0v) is 11.2. The SMILES string of the molecule is NC(N)=NCc1ccc(Cl)c(Cl)c1.O=S(=O)(O)O. The number of hydrogen-bond donors (Lipinski definition) is 4. The lowest BCUT2D eigenvalue weighted by Gasteiger charge is -1.99. The van der Waals surface area contributed by atoms with Crippen LogP contribution in [0.15, 0.2) is 23.2 Å². The maximum Gasteiger partial charge on any atom is 0.394 e. The van der Waals surface area contributed by atoms with Gasteiger partial charge in [-0.15, -0.1) is 0 Å². The first kappa shape index (κ1) is 16.9. The van der Waals surface area contributed by atoms with E-state index in [0.29, 0.717) is 16.6 Å². The van der Waals surface area contributed by atoms with E-state index in [4.69, 9.17) is 52.2 Å². The number of benzene rings is 1. The molecule has 1 aromatic rings. The second-order valence-electron chi connectivity index (χ2n) is 2.94. The molecule has 1 aromatic carbocycles. The highest BCUT2D eigenvalue weighted by Gasteiger charge is 1.98. The van der Waals surface area contributed by atoms with Crippen molar-refractivity contribution in [3.05, 3.63) is 33.8 Å². The van der Waals surface area contributed by atoms with Gasteiger partial charge in [-0.05, 0) is 17.7 Å². The van der Waals surface area contributed by atoms with E-state index < -0.39 is 10.4 Å². The van der Waals surface area contributed by atoms with Crippen LogP contribution in [0, 0.1) is 0 Å².